The predicted octanol–water partition coefficient (Wildman–Crippen LogP) is 4.49. The lowest BCUT2D eigenvalue weighted by Crippen LogP contribution is -2.12. The van der Waals surface area contributed by atoms with Crippen LogP contribution < -0.4 is 5.73 Å². The van der Waals surface area contributed by atoms with Gasteiger partial charge in [0.15, 0.2) is 0 Å². The summed E-state index contributed by atoms with van der Waals surface area (Å²) in [6.07, 6.45) is 0. The van der Waals surface area contributed by atoms with Gasteiger partial charge in [0.2, 0.25) is 0 Å². The highest BCUT2D eigenvalue weighted by atomic mass is 35.5. The highest BCUT2D eigenvalue weighted by molar-refractivity contribution is 6.34. The molecule has 2 N–H and O–H groups in total. The molecule has 18 heavy (non-hydrogen) atoms. The number of hydrogen-bond acceptors (Lipinski definition) is 1. The molecule has 0 amide bonds. The molecule has 2 aromatic rings. The van der Waals surface area contributed by atoms with E-state index in [0.717, 1.165) is 11.1 Å². The fraction of sp³-hybridized carbons (Fsp3) is 0.143. The zero-order valence-electron chi connectivity index (χ0n) is 9.75. The van der Waals surface area contributed by atoms with Gasteiger partial charge in [0.25, 0.3) is 0 Å². The summed E-state index contributed by atoms with van der Waals surface area (Å²) < 4.78 is 13.2. The van der Waals surface area contributed by atoms with Crippen LogP contribution in [0.5, 0.6) is 0 Å². The maximum Gasteiger partial charge on any atom is 0.126 e. The summed E-state index contributed by atoms with van der Waals surface area (Å²) >= 11 is 11.9. The van der Waals surface area contributed by atoms with Crippen molar-refractivity contribution >= 4 is 23.2 Å². The molecule has 0 fully saturated rings. The molecule has 0 radical (unpaired) electrons. The number of hydrogen-bond donors (Lipinski definition) is 1. The lowest BCUT2D eigenvalue weighted by molar-refractivity contribution is 0.617. The number of rotatable bonds is 2. The van der Waals surface area contributed by atoms with E-state index in [-0.39, 0.29) is 11.9 Å². The fourth-order valence-electron chi connectivity index (χ4n) is 1.81. The smallest absolute Gasteiger partial charge is 0.126 e. The molecule has 2 rings (SSSR count). The second-order valence-electron chi connectivity index (χ2n) is 4.19. The summed E-state index contributed by atoms with van der Waals surface area (Å²) in [7, 11) is 0. The van der Waals surface area contributed by atoms with E-state index in [0.29, 0.717) is 15.6 Å². The van der Waals surface area contributed by atoms with Crippen LogP contribution in [-0.2, 0) is 0 Å². The minimum Gasteiger partial charge on any atom is -0.320 e. The molecule has 1 nitrogen and oxygen atoms in total. The molecule has 2 aromatic carbocycles. The molecule has 1 atom stereocenters. The van der Waals surface area contributed by atoms with E-state index in [2.05, 4.69) is 0 Å². The van der Waals surface area contributed by atoms with E-state index < -0.39 is 0 Å². The topological polar surface area (TPSA) is 26.0 Å². The SMILES string of the molecule is Cc1cc(C(N)c2cc(Cl)cc(Cl)c2)ccc1F. The molecular formula is C14H12Cl2FN. The first-order valence-electron chi connectivity index (χ1n) is 5.45. The summed E-state index contributed by atoms with van der Waals surface area (Å²) in [5, 5.41) is 1.07. The number of halogens is 3. The molecule has 0 saturated carbocycles. The summed E-state index contributed by atoms with van der Waals surface area (Å²) in [6.45, 7) is 1.70. The van der Waals surface area contributed by atoms with Crippen LogP contribution in [0, 0.1) is 12.7 Å². The van der Waals surface area contributed by atoms with Gasteiger partial charge < -0.3 is 5.73 Å². The van der Waals surface area contributed by atoms with Crippen LogP contribution in [0.25, 0.3) is 0 Å². The van der Waals surface area contributed by atoms with Crippen molar-refractivity contribution in [3.8, 4) is 0 Å². The summed E-state index contributed by atoms with van der Waals surface area (Å²) in [6, 6.07) is 9.61. The minimum absolute atomic E-state index is 0.241. The quantitative estimate of drug-likeness (QED) is 0.864. The van der Waals surface area contributed by atoms with E-state index in [9.17, 15) is 4.39 Å². The van der Waals surface area contributed by atoms with Crippen LogP contribution in [0.15, 0.2) is 36.4 Å². The van der Waals surface area contributed by atoms with E-state index in [4.69, 9.17) is 28.9 Å². The highest BCUT2D eigenvalue weighted by Gasteiger charge is 2.11. The molecule has 0 heterocycles. The Morgan fingerprint density at radius 2 is 1.61 bits per heavy atom. The van der Waals surface area contributed by atoms with Crippen molar-refractivity contribution < 1.29 is 4.39 Å². The molecule has 0 aromatic heterocycles. The van der Waals surface area contributed by atoms with E-state index in [1.54, 1.807) is 37.3 Å². The summed E-state index contributed by atoms with van der Waals surface area (Å²) in [4.78, 5) is 0. The largest absolute Gasteiger partial charge is 0.320 e. The number of aryl methyl sites for hydroxylation is 1. The first kappa shape index (κ1) is 13.3. The van der Waals surface area contributed by atoms with Crippen LogP contribution in [0.3, 0.4) is 0 Å². The molecule has 0 bridgehead atoms. The Labute approximate surface area is 115 Å². The lowest BCUT2D eigenvalue weighted by atomic mass is 9.98. The van der Waals surface area contributed by atoms with Crippen LogP contribution >= 0.6 is 23.2 Å². The van der Waals surface area contributed by atoms with Gasteiger partial charge in [-0.1, -0.05) is 35.3 Å². The first-order chi connectivity index (χ1) is 8.47. The van der Waals surface area contributed by atoms with Crippen molar-refractivity contribution in [2.75, 3.05) is 0 Å². The van der Waals surface area contributed by atoms with Gasteiger partial charge in [-0.25, -0.2) is 4.39 Å². The molecule has 0 saturated heterocycles. The average molecular weight is 284 g/mol. The van der Waals surface area contributed by atoms with Crippen LogP contribution in [0.2, 0.25) is 10.0 Å². The molecule has 0 aliphatic rings. The van der Waals surface area contributed by atoms with Crippen molar-refractivity contribution in [2.24, 2.45) is 5.73 Å². The standard InChI is InChI=1S/C14H12Cl2FN/c1-8-4-9(2-3-13(8)17)14(18)10-5-11(15)7-12(16)6-10/h2-7,14H,18H2,1H3. The zero-order chi connectivity index (χ0) is 13.3. The van der Waals surface area contributed by atoms with Gasteiger partial charge in [0, 0.05) is 10.0 Å². The van der Waals surface area contributed by atoms with E-state index in [1.165, 1.54) is 6.07 Å². The van der Waals surface area contributed by atoms with Gasteiger partial charge in [-0.3, -0.25) is 0 Å². The Balaban J connectivity index is 2.40. The van der Waals surface area contributed by atoms with Crippen molar-refractivity contribution in [3.63, 3.8) is 0 Å². The maximum atomic E-state index is 13.2. The highest BCUT2D eigenvalue weighted by Crippen LogP contribution is 2.27. The fourth-order valence-corrected chi connectivity index (χ4v) is 2.35. The summed E-state index contributed by atoms with van der Waals surface area (Å²) in [5.41, 5.74) is 8.33. The minimum atomic E-state index is -0.375. The van der Waals surface area contributed by atoms with E-state index >= 15 is 0 Å². The molecule has 0 spiro atoms. The molecule has 4 heteroatoms. The van der Waals surface area contributed by atoms with Crippen LogP contribution in [0.1, 0.15) is 22.7 Å². The lowest BCUT2D eigenvalue weighted by Gasteiger charge is -2.14. The molecule has 0 aliphatic carbocycles. The molecular weight excluding hydrogens is 272 g/mol. The van der Waals surface area contributed by atoms with E-state index in [1.807, 2.05) is 0 Å². The number of nitrogens with two attached hydrogens (primary N) is 1. The van der Waals surface area contributed by atoms with Crippen molar-refractivity contribution in [3.05, 3.63) is 69.0 Å². The molecule has 0 aliphatic heterocycles. The second-order valence-corrected chi connectivity index (χ2v) is 5.06. The van der Waals surface area contributed by atoms with Gasteiger partial charge in [-0.05, 0) is 47.9 Å². The maximum absolute atomic E-state index is 13.2. The monoisotopic (exact) mass is 283 g/mol. The van der Waals surface area contributed by atoms with Gasteiger partial charge in [0.05, 0.1) is 6.04 Å². The van der Waals surface area contributed by atoms with Crippen LogP contribution in [-0.4, -0.2) is 0 Å². The molecule has 94 valence electrons. The van der Waals surface area contributed by atoms with Crippen molar-refractivity contribution in [2.45, 2.75) is 13.0 Å². The second kappa shape index (κ2) is 5.27. The normalized spacial score (nSPS) is 12.5. The number of benzene rings is 2. The molecule has 1 unspecified atom stereocenters. The van der Waals surface area contributed by atoms with Crippen LogP contribution in [0.4, 0.5) is 4.39 Å². The van der Waals surface area contributed by atoms with Gasteiger partial charge in [-0.15, -0.1) is 0 Å². The van der Waals surface area contributed by atoms with Gasteiger partial charge in [-0.2, -0.15) is 0 Å². The Morgan fingerprint density at radius 1 is 1.00 bits per heavy atom. The summed E-state index contributed by atoms with van der Waals surface area (Å²) in [5.74, 6) is -0.241. The Morgan fingerprint density at radius 3 is 2.17 bits per heavy atom. The zero-order valence-corrected chi connectivity index (χ0v) is 11.3. The third kappa shape index (κ3) is 2.83. The van der Waals surface area contributed by atoms with Gasteiger partial charge >= 0.3 is 0 Å². The Bertz CT molecular complexity index is 564. The Kier molecular flexibility index (Phi) is 3.91. The van der Waals surface area contributed by atoms with Crippen molar-refractivity contribution in [1.29, 1.82) is 0 Å². The third-order valence-electron chi connectivity index (χ3n) is 2.79. The first-order valence-corrected chi connectivity index (χ1v) is 6.20. The predicted molar refractivity (Wildman–Crippen MR) is 73.6 cm³/mol. The average Bonchev–Trinajstić information content (AvgIpc) is 2.30. The van der Waals surface area contributed by atoms with Gasteiger partial charge in [0.1, 0.15) is 5.82 Å². The third-order valence-corrected chi connectivity index (χ3v) is 3.22. The van der Waals surface area contributed by atoms with Crippen molar-refractivity contribution in [1.82, 2.24) is 0 Å². The Hall–Kier alpha value is -1.09.